The van der Waals surface area contributed by atoms with Crippen molar-refractivity contribution < 1.29 is 0 Å². The van der Waals surface area contributed by atoms with E-state index in [-0.39, 0.29) is 0 Å². The first kappa shape index (κ1) is 13.6. The molecule has 1 heteroatoms. The summed E-state index contributed by atoms with van der Waals surface area (Å²) in [6.07, 6.45) is 5.37. The highest BCUT2D eigenvalue weighted by atomic mass is 15.2. The molecule has 1 aliphatic rings. The van der Waals surface area contributed by atoms with Crippen molar-refractivity contribution in [3.8, 4) is 0 Å². The molecule has 0 spiro atoms. The second-order valence-corrected chi connectivity index (χ2v) is 6.12. The first-order valence-corrected chi connectivity index (χ1v) is 7.46. The van der Waals surface area contributed by atoms with Crippen molar-refractivity contribution in [3.63, 3.8) is 0 Å². The molecule has 1 nitrogen and oxygen atoms in total. The Bertz CT molecular complexity index is 336. The molecule has 1 aliphatic heterocycles. The summed E-state index contributed by atoms with van der Waals surface area (Å²) in [5, 5.41) is 0. The minimum absolute atomic E-state index is 0.746. The van der Waals surface area contributed by atoms with Crippen molar-refractivity contribution >= 4 is 0 Å². The van der Waals surface area contributed by atoms with E-state index < -0.39 is 0 Å². The summed E-state index contributed by atoms with van der Waals surface area (Å²) in [6, 6.07) is 12.4. The van der Waals surface area contributed by atoms with Crippen molar-refractivity contribution in [1.29, 1.82) is 0 Å². The van der Waals surface area contributed by atoms with Gasteiger partial charge in [-0.3, -0.25) is 4.90 Å². The SMILES string of the molecule is CC(Cc1ccccc1)CN1[C@H](C)CCC[C@@H]1C. The third kappa shape index (κ3) is 3.58. The monoisotopic (exact) mass is 245 g/mol. The van der Waals surface area contributed by atoms with Crippen LogP contribution in [0.25, 0.3) is 0 Å². The van der Waals surface area contributed by atoms with Gasteiger partial charge in [0.15, 0.2) is 0 Å². The molecular formula is C17H27N. The molecule has 0 amide bonds. The zero-order valence-corrected chi connectivity index (χ0v) is 12.1. The molecule has 18 heavy (non-hydrogen) atoms. The lowest BCUT2D eigenvalue weighted by Crippen LogP contribution is -2.45. The van der Waals surface area contributed by atoms with E-state index in [1.807, 2.05) is 0 Å². The first-order valence-electron chi connectivity index (χ1n) is 7.46. The number of hydrogen-bond donors (Lipinski definition) is 0. The molecule has 0 aliphatic carbocycles. The lowest BCUT2D eigenvalue weighted by atomic mass is 9.94. The largest absolute Gasteiger partial charge is 0.298 e. The molecule has 0 saturated carbocycles. The summed E-state index contributed by atoms with van der Waals surface area (Å²) >= 11 is 0. The van der Waals surface area contributed by atoms with Gasteiger partial charge in [0.05, 0.1) is 0 Å². The normalized spacial score (nSPS) is 27.1. The Morgan fingerprint density at radius 1 is 1.11 bits per heavy atom. The summed E-state index contributed by atoms with van der Waals surface area (Å²) in [4.78, 5) is 2.72. The number of likely N-dealkylation sites (tertiary alicyclic amines) is 1. The number of hydrogen-bond acceptors (Lipinski definition) is 1. The molecule has 1 saturated heterocycles. The molecule has 0 bridgehead atoms. The number of benzene rings is 1. The number of piperidine rings is 1. The van der Waals surface area contributed by atoms with E-state index in [0.29, 0.717) is 0 Å². The van der Waals surface area contributed by atoms with Gasteiger partial charge >= 0.3 is 0 Å². The Kier molecular flexibility index (Phi) is 4.82. The van der Waals surface area contributed by atoms with E-state index in [9.17, 15) is 0 Å². The lowest BCUT2D eigenvalue weighted by molar-refractivity contribution is 0.0869. The van der Waals surface area contributed by atoms with E-state index in [1.165, 1.54) is 37.8 Å². The maximum atomic E-state index is 2.72. The van der Waals surface area contributed by atoms with E-state index in [1.54, 1.807) is 0 Å². The van der Waals surface area contributed by atoms with Crippen molar-refractivity contribution in [1.82, 2.24) is 4.90 Å². The zero-order chi connectivity index (χ0) is 13.0. The van der Waals surface area contributed by atoms with E-state index in [2.05, 4.69) is 56.0 Å². The van der Waals surface area contributed by atoms with Crippen LogP contribution >= 0.6 is 0 Å². The molecule has 2 rings (SSSR count). The summed E-state index contributed by atoms with van der Waals surface area (Å²) in [6.45, 7) is 8.42. The molecule has 1 unspecified atom stereocenters. The van der Waals surface area contributed by atoms with Crippen LogP contribution in [0.4, 0.5) is 0 Å². The molecule has 1 fully saturated rings. The fourth-order valence-electron chi connectivity index (χ4n) is 3.28. The molecule has 3 atom stereocenters. The minimum atomic E-state index is 0.746. The van der Waals surface area contributed by atoms with Crippen LogP contribution in [0.1, 0.15) is 45.6 Å². The highest BCUT2D eigenvalue weighted by Gasteiger charge is 2.25. The van der Waals surface area contributed by atoms with Crippen LogP contribution in [0, 0.1) is 5.92 Å². The standard InChI is InChI=1S/C17H27N/c1-14(12-17-10-5-4-6-11-17)13-18-15(2)8-7-9-16(18)3/h4-6,10-11,14-16H,7-9,12-13H2,1-3H3/t14?,15-,16+. The second kappa shape index (κ2) is 6.38. The number of nitrogens with zero attached hydrogens (tertiary/aromatic N) is 1. The summed E-state index contributed by atoms with van der Waals surface area (Å²) < 4.78 is 0. The fraction of sp³-hybridized carbons (Fsp3) is 0.647. The van der Waals surface area contributed by atoms with Crippen LogP contribution in [0.2, 0.25) is 0 Å². The van der Waals surface area contributed by atoms with Gasteiger partial charge < -0.3 is 0 Å². The Hall–Kier alpha value is -0.820. The van der Waals surface area contributed by atoms with Gasteiger partial charge in [0, 0.05) is 18.6 Å². The van der Waals surface area contributed by atoms with Crippen LogP contribution in [0.5, 0.6) is 0 Å². The fourth-order valence-corrected chi connectivity index (χ4v) is 3.28. The maximum Gasteiger partial charge on any atom is 0.00698 e. The predicted octanol–water partition coefficient (Wildman–Crippen LogP) is 4.13. The third-order valence-corrected chi connectivity index (χ3v) is 4.33. The van der Waals surface area contributed by atoms with Gasteiger partial charge in [-0.25, -0.2) is 0 Å². The van der Waals surface area contributed by atoms with Crippen LogP contribution in [0.3, 0.4) is 0 Å². The summed E-state index contributed by atoms with van der Waals surface area (Å²) in [5.41, 5.74) is 1.47. The summed E-state index contributed by atoms with van der Waals surface area (Å²) in [7, 11) is 0. The molecule has 0 N–H and O–H groups in total. The third-order valence-electron chi connectivity index (χ3n) is 4.33. The number of rotatable bonds is 4. The van der Waals surface area contributed by atoms with Gasteiger partial charge in [-0.15, -0.1) is 0 Å². The minimum Gasteiger partial charge on any atom is -0.298 e. The molecular weight excluding hydrogens is 218 g/mol. The van der Waals surface area contributed by atoms with Crippen LogP contribution in [-0.4, -0.2) is 23.5 Å². The highest BCUT2D eigenvalue weighted by Crippen LogP contribution is 2.24. The molecule has 1 aromatic rings. The van der Waals surface area contributed by atoms with E-state index >= 15 is 0 Å². The van der Waals surface area contributed by atoms with Gasteiger partial charge in [0.1, 0.15) is 0 Å². The molecule has 100 valence electrons. The molecule has 1 aromatic carbocycles. The lowest BCUT2D eigenvalue weighted by Gasteiger charge is -2.40. The molecule has 0 radical (unpaired) electrons. The topological polar surface area (TPSA) is 3.24 Å². The van der Waals surface area contributed by atoms with E-state index in [0.717, 1.165) is 18.0 Å². The molecule has 1 heterocycles. The van der Waals surface area contributed by atoms with Gasteiger partial charge in [-0.05, 0) is 44.6 Å². The first-order chi connectivity index (χ1) is 8.66. The second-order valence-electron chi connectivity index (χ2n) is 6.12. The van der Waals surface area contributed by atoms with Gasteiger partial charge in [0.25, 0.3) is 0 Å². The van der Waals surface area contributed by atoms with Crippen molar-refractivity contribution in [2.75, 3.05) is 6.54 Å². The predicted molar refractivity (Wildman–Crippen MR) is 78.8 cm³/mol. The van der Waals surface area contributed by atoms with Gasteiger partial charge in [0.2, 0.25) is 0 Å². The van der Waals surface area contributed by atoms with Gasteiger partial charge in [-0.1, -0.05) is 43.7 Å². The quantitative estimate of drug-likeness (QED) is 0.771. The van der Waals surface area contributed by atoms with Crippen LogP contribution < -0.4 is 0 Å². The Morgan fingerprint density at radius 2 is 1.72 bits per heavy atom. The Morgan fingerprint density at radius 3 is 2.33 bits per heavy atom. The Balaban J connectivity index is 1.88. The Labute approximate surface area is 112 Å². The zero-order valence-electron chi connectivity index (χ0n) is 12.1. The van der Waals surface area contributed by atoms with Crippen molar-refractivity contribution in [2.24, 2.45) is 5.92 Å². The smallest absolute Gasteiger partial charge is 0.00698 e. The average Bonchev–Trinajstić information content (AvgIpc) is 2.35. The molecule has 0 aromatic heterocycles. The average molecular weight is 245 g/mol. The van der Waals surface area contributed by atoms with Crippen LogP contribution in [-0.2, 0) is 6.42 Å². The van der Waals surface area contributed by atoms with Gasteiger partial charge in [-0.2, -0.15) is 0 Å². The summed E-state index contributed by atoms with van der Waals surface area (Å²) in [5.74, 6) is 0.746. The van der Waals surface area contributed by atoms with Crippen molar-refractivity contribution in [3.05, 3.63) is 35.9 Å². The van der Waals surface area contributed by atoms with Crippen LogP contribution in [0.15, 0.2) is 30.3 Å². The van der Waals surface area contributed by atoms with E-state index in [4.69, 9.17) is 0 Å². The maximum absolute atomic E-state index is 2.72. The highest BCUT2D eigenvalue weighted by molar-refractivity contribution is 5.15. The van der Waals surface area contributed by atoms with Crippen molar-refractivity contribution in [2.45, 2.75) is 58.5 Å².